The first-order valence-corrected chi connectivity index (χ1v) is 10.8. The second kappa shape index (κ2) is 10.7. The molecule has 10 heteroatoms. The first kappa shape index (κ1) is 23.9. The Kier molecular flexibility index (Phi) is 7.73. The molecule has 33 heavy (non-hydrogen) atoms. The number of aliphatic imine (C=N–C) groups is 1. The Morgan fingerprint density at radius 2 is 1.91 bits per heavy atom. The molecule has 1 aliphatic heterocycles. The van der Waals surface area contributed by atoms with E-state index in [2.05, 4.69) is 10.3 Å². The van der Waals surface area contributed by atoms with E-state index in [1.54, 1.807) is 55.5 Å². The Hall–Kier alpha value is -3.79. The Morgan fingerprint density at radius 1 is 1.18 bits per heavy atom. The van der Waals surface area contributed by atoms with Gasteiger partial charge in [0.1, 0.15) is 0 Å². The highest BCUT2D eigenvalue weighted by Crippen LogP contribution is 2.32. The summed E-state index contributed by atoms with van der Waals surface area (Å²) in [6, 6.07) is 11.5. The molecule has 2 aromatic carbocycles. The van der Waals surface area contributed by atoms with Gasteiger partial charge in [-0.1, -0.05) is 6.07 Å². The third-order valence-electron chi connectivity index (χ3n) is 4.40. The second-order valence-corrected chi connectivity index (χ2v) is 7.79. The number of amides is 1. The molecule has 172 valence electrons. The van der Waals surface area contributed by atoms with Gasteiger partial charge in [-0.15, -0.1) is 0 Å². The van der Waals surface area contributed by atoms with Crippen LogP contribution in [0.15, 0.2) is 52.4 Å². The molecule has 0 bridgehead atoms. The first-order valence-electron chi connectivity index (χ1n) is 9.95. The molecule has 2 N–H and O–H groups in total. The van der Waals surface area contributed by atoms with Gasteiger partial charge in [0.05, 0.1) is 29.9 Å². The number of carboxylic acid groups (broad SMARTS) is 1. The lowest BCUT2D eigenvalue weighted by Gasteiger charge is -2.14. The number of amidine groups is 1. The molecule has 3 rings (SSSR count). The fraction of sp³-hybridized carbons (Fsp3) is 0.217. The normalized spacial score (nSPS) is 16.4. The van der Waals surface area contributed by atoms with Crippen molar-refractivity contribution >= 4 is 46.5 Å². The van der Waals surface area contributed by atoms with Crippen molar-refractivity contribution in [1.29, 1.82) is 0 Å². The number of nitrogens with one attached hydrogen (secondary N) is 1. The highest BCUT2D eigenvalue weighted by atomic mass is 32.2. The summed E-state index contributed by atoms with van der Waals surface area (Å²) in [6.45, 7) is 3.45. The average Bonchev–Trinajstić information content (AvgIpc) is 3.13. The molecule has 0 spiro atoms. The monoisotopic (exact) mass is 470 g/mol. The number of aliphatic carboxylic acids is 1. The van der Waals surface area contributed by atoms with E-state index in [0.717, 1.165) is 0 Å². The van der Waals surface area contributed by atoms with Crippen LogP contribution < -0.4 is 14.8 Å². The van der Waals surface area contributed by atoms with Crippen molar-refractivity contribution in [2.24, 2.45) is 4.99 Å². The topological polar surface area (TPSA) is 124 Å². The van der Waals surface area contributed by atoms with E-state index in [1.807, 2.05) is 0 Å². The number of nitrogens with zero attached hydrogens (tertiary/aromatic N) is 1. The maximum absolute atomic E-state index is 12.4. The van der Waals surface area contributed by atoms with Gasteiger partial charge in [-0.2, -0.15) is 0 Å². The Morgan fingerprint density at radius 3 is 2.55 bits per heavy atom. The molecule has 1 unspecified atom stereocenters. The molecular formula is C23H22N2O7S. The maximum Gasteiger partial charge on any atom is 0.344 e. The number of thioether (sulfide) groups is 1. The lowest BCUT2D eigenvalue weighted by Crippen LogP contribution is -2.23. The van der Waals surface area contributed by atoms with Crippen molar-refractivity contribution in [2.75, 3.05) is 13.7 Å². The molecule has 0 radical (unpaired) electrons. The highest BCUT2D eigenvalue weighted by molar-refractivity contribution is 8.18. The summed E-state index contributed by atoms with van der Waals surface area (Å²) >= 11 is 1.17. The summed E-state index contributed by atoms with van der Waals surface area (Å²) in [5, 5.41) is 12.1. The summed E-state index contributed by atoms with van der Waals surface area (Å²) in [6.07, 6.45) is 0.628. The predicted molar refractivity (Wildman–Crippen MR) is 124 cm³/mol. The van der Waals surface area contributed by atoms with Crippen LogP contribution in [0.5, 0.6) is 11.5 Å². The Labute approximate surface area is 194 Å². The van der Waals surface area contributed by atoms with Gasteiger partial charge >= 0.3 is 11.9 Å². The van der Waals surface area contributed by atoms with E-state index in [0.29, 0.717) is 39.2 Å². The van der Waals surface area contributed by atoms with Crippen LogP contribution >= 0.6 is 11.8 Å². The number of hydrogen-bond acceptors (Lipinski definition) is 8. The molecule has 1 fully saturated rings. The van der Waals surface area contributed by atoms with E-state index < -0.39 is 18.0 Å². The number of benzene rings is 2. The van der Waals surface area contributed by atoms with E-state index in [9.17, 15) is 14.4 Å². The number of carbonyl (C=O) groups excluding carboxylic acids is 2. The summed E-state index contributed by atoms with van der Waals surface area (Å²) in [5.74, 6) is -1.18. The summed E-state index contributed by atoms with van der Waals surface area (Å²) < 4.78 is 15.6. The van der Waals surface area contributed by atoms with Gasteiger partial charge in [0.15, 0.2) is 22.8 Å². The smallest absolute Gasteiger partial charge is 0.344 e. The van der Waals surface area contributed by atoms with Crippen LogP contribution in [-0.4, -0.2) is 47.9 Å². The van der Waals surface area contributed by atoms with E-state index in [4.69, 9.17) is 19.3 Å². The van der Waals surface area contributed by atoms with Crippen molar-refractivity contribution in [2.45, 2.75) is 20.0 Å². The third-order valence-corrected chi connectivity index (χ3v) is 5.31. The van der Waals surface area contributed by atoms with E-state index in [-0.39, 0.29) is 11.7 Å². The van der Waals surface area contributed by atoms with Gasteiger partial charge in [-0.3, -0.25) is 4.79 Å². The molecule has 9 nitrogen and oxygen atoms in total. The van der Waals surface area contributed by atoms with Crippen molar-refractivity contribution in [3.63, 3.8) is 0 Å². The fourth-order valence-corrected chi connectivity index (χ4v) is 3.59. The number of rotatable bonds is 8. The number of methoxy groups -OCH3 is 1. The number of carboxylic acids is 1. The Bertz CT molecular complexity index is 1130. The zero-order valence-electron chi connectivity index (χ0n) is 18.2. The molecule has 1 heterocycles. The van der Waals surface area contributed by atoms with Crippen LogP contribution in [0.25, 0.3) is 6.08 Å². The molecule has 1 amide bonds. The second-order valence-electron chi connectivity index (χ2n) is 6.76. The molecule has 1 aliphatic rings. The quantitative estimate of drug-likeness (QED) is 0.443. The first-order chi connectivity index (χ1) is 15.8. The van der Waals surface area contributed by atoms with E-state index >= 15 is 0 Å². The third kappa shape index (κ3) is 6.13. The maximum atomic E-state index is 12.4. The SMILES string of the molecule is CCOC(=O)c1ccc(N=C2NC(=O)/C(=C\c3ccc(OC(C)C(=O)O)c(OC)c3)S2)cc1. The molecule has 1 atom stereocenters. The molecule has 0 aliphatic carbocycles. The van der Waals surface area contributed by atoms with Gasteiger partial charge in [0.25, 0.3) is 5.91 Å². The number of ether oxygens (including phenoxy) is 3. The summed E-state index contributed by atoms with van der Waals surface area (Å²) in [5.41, 5.74) is 1.66. The number of esters is 1. The summed E-state index contributed by atoms with van der Waals surface area (Å²) in [7, 11) is 1.44. The van der Waals surface area contributed by atoms with Crippen LogP contribution in [0.3, 0.4) is 0 Å². The zero-order chi connectivity index (χ0) is 24.0. The van der Waals surface area contributed by atoms with Crippen LogP contribution in [-0.2, 0) is 14.3 Å². The van der Waals surface area contributed by atoms with Crippen molar-refractivity contribution in [3.8, 4) is 11.5 Å². The van der Waals surface area contributed by atoms with Crippen molar-refractivity contribution in [1.82, 2.24) is 5.32 Å². The predicted octanol–water partition coefficient (Wildman–Crippen LogP) is 3.62. The highest BCUT2D eigenvalue weighted by Gasteiger charge is 2.24. The minimum absolute atomic E-state index is 0.284. The molecular weight excluding hydrogens is 448 g/mol. The minimum atomic E-state index is -1.09. The lowest BCUT2D eigenvalue weighted by atomic mass is 10.2. The van der Waals surface area contributed by atoms with Crippen molar-refractivity contribution < 1.29 is 33.7 Å². The standard InChI is InChI=1S/C23H22N2O7S/c1-4-31-22(29)15-6-8-16(9-7-15)24-23-25-20(26)19(33-23)12-14-5-10-17(18(11-14)30-3)32-13(2)21(27)28/h5-13H,4H2,1-3H3,(H,27,28)(H,24,25,26)/b19-12+. The largest absolute Gasteiger partial charge is 0.493 e. The van der Waals surface area contributed by atoms with Gasteiger partial charge in [-0.25, -0.2) is 14.6 Å². The zero-order valence-corrected chi connectivity index (χ0v) is 19.0. The Balaban J connectivity index is 1.75. The lowest BCUT2D eigenvalue weighted by molar-refractivity contribution is -0.144. The van der Waals surface area contributed by atoms with Crippen LogP contribution in [0, 0.1) is 0 Å². The van der Waals surface area contributed by atoms with Gasteiger partial charge in [-0.05, 0) is 73.6 Å². The van der Waals surface area contributed by atoms with Crippen molar-refractivity contribution in [3.05, 3.63) is 58.5 Å². The minimum Gasteiger partial charge on any atom is -0.493 e. The molecule has 1 saturated heterocycles. The average molecular weight is 471 g/mol. The van der Waals surface area contributed by atoms with Crippen LogP contribution in [0.2, 0.25) is 0 Å². The summed E-state index contributed by atoms with van der Waals surface area (Å²) in [4.78, 5) is 40.0. The van der Waals surface area contributed by atoms with Crippen LogP contribution in [0.4, 0.5) is 5.69 Å². The van der Waals surface area contributed by atoms with Gasteiger partial charge in [0, 0.05) is 0 Å². The molecule has 2 aromatic rings. The van der Waals surface area contributed by atoms with Crippen LogP contribution in [0.1, 0.15) is 29.8 Å². The number of carbonyl (C=O) groups is 3. The molecule has 0 saturated carbocycles. The van der Waals surface area contributed by atoms with E-state index in [1.165, 1.54) is 25.8 Å². The fourth-order valence-electron chi connectivity index (χ4n) is 2.75. The molecule has 0 aromatic heterocycles. The number of hydrogen-bond donors (Lipinski definition) is 2. The van der Waals surface area contributed by atoms with Gasteiger partial charge < -0.3 is 24.6 Å². The van der Waals surface area contributed by atoms with Gasteiger partial charge in [0.2, 0.25) is 0 Å².